The van der Waals surface area contributed by atoms with Gasteiger partial charge in [-0.15, -0.1) is 12.4 Å². The van der Waals surface area contributed by atoms with E-state index in [9.17, 15) is 30.3 Å². The quantitative estimate of drug-likeness (QED) is 0.375. The van der Waals surface area contributed by atoms with Gasteiger partial charge in [0.15, 0.2) is 28.4 Å². The summed E-state index contributed by atoms with van der Waals surface area (Å²) in [5.41, 5.74) is 0.0722. The number of methoxy groups -OCH3 is 1. The molecule has 32 heavy (non-hydrogen) atoms. The zero-order valence-electron chi connectivity index (χ0n) is 16.7. The van der Waals surface area contributed by atoms with E-state index in [2.05, 4.69) is 0 Å². The minimum absolute atomic E-state index is 0. The largest absolute Gasteiger partial charge is 0.507 e. The molecule has 1 saturated heterocycles. The van der Waals surface area contributed by atoms with E-state index in [0.717, 1.165) is 6.07 Å². The molecule has 0 saturated carbocycles. The molecule has 0 radical (unpaired) electrons. The van der Waals surface area contributed by atoms with Crippen LogP contribution in [-0.4, -0.2) is 63.9 Å². The van der Waals surface area contributed by atoms with Crippen LogP contribution in [0.5, 0.6) is 23.0 Å². The van der Waals surface area contributed by atoms with Gasteiger partial charge in [0.05, 0.1) is 19.3 Å². The predicted molar refractivity (Wildman–Crippen MR) is 113 cm³/mol. The lowest BCUT2D eigenvalue weighted by Crippen LogP contribution is -2.54. The second-order valence-corrected chi connectivity index (χ2v) is 7.05. The van der Waals surface area contributed by atoms with Crippen LogP contribution >= 0.6 is 12.4 Å². The normalized spacial score (nSPS) is 22.9. The summed E-state index contributed by atoms with van der Waals surface area (Å²) < 4.78 is 22.0. The fourth-order valence-electron chi connectivity index (χ4n) is 3.29. The van der Waals surface area contributed by atoms with Crippen molar-refractivity contribution >= 4 is 12.4 Å². The number of halogens is 1. The van der Waals surface area contributed by atoms with Crippen molar-refractivity contribution in [3.8, 4) is 45.6 Å². The lowest BCUT2D eigenvalue weighted by Gasteiger charge is -2.35. The Bertz CT molecular complexity index is 1130. The molecule has 2 heterocycles. The van der Waals surface area contributed by atoms with E-state index in [1.54, 1.807) is 0 Å². The fourth-order valence-corrected chi connectivity index (χ4v) is 3.29. The number of phenolic OH excluding ortho intramolecular Hbond substituents is 2. The highest BCUT2D eigenvalue weighted by Gasteiger charge is 2.39. The van der Waals surface area contributed by atoms with Crippen molar-refractivity contribution in [1.82, 2.24) is 0 Å². The van der Waals surface area contributed by atoms with Crippen molar-refractivity contribution in [2.75, 3.05) is 13.7 Å². The van der Waals surface area contributed by atoms with Crippen molar-refractivity contribution in [3.63, 3.8) is 0 Å². The molecule has 0 bridgehead atoms. The molecule has 4 atom stereocenters. The van der Waals surface area contributed by atoms with Gasteiger partial charge in [-0.05, 0) is 24.3 Å². The van der Waals surface area contributed by atoms with Crippen molar-refractivity contribution in [1.29, 1.82) is 0 Å². The van der Waals surface area contributed by atoms with Crippen molar-refractivity contribution < 1.29 is 44.2 Å². The van der Waals surface area contributed by atoms with E-state index in [1.165, 1.54) is 37.4 Å². The summed E-state index contributed by atoms with van der Waals surface area (Å²) in [6, 6.07) is 7.92. The van der Waals surface area contributed by atoms with Crippen LogP contribution in [0.4, 0.5) is 0 Å². The number of aliphatic hydroxyl groups is 3. The number of aromatic hydroxyl groups is 2. The Labute approximate surface area is 187 Å². The van der Waals surface area contributed by atoms with Crippen molar-refractivity contribution in [2.45, 2.75) is 24.6 Å². The maximum absolute atomic E-state index is 11.8. The highest BCUT2D eigenvalue weighted by atomic mass is 35.5. The Kier molecular flexibility index (Phi) is 6.82. The van der Waals surface area contributed by atoms with Gasteiger partial charge in [-0.1, -0.05) is 0 Å². The summed E-state index contributed by atoms with van der Waals surface area (Å²) in [7, 11) is 1.37. The molecule has 2 aliphatic heterocycles. The van der Waals surface area contributed by atoms with Crippen LogP contribution in [0.3, 0.4) is 0 Å². The van der Waals surface area contributed by atoms with Crippen LogP contribution < -0.4 is 14.9 Å². The molecule has 0 unspecified atom stereocenters. The molecule has 172 valence electrons. The average Bonchev–Trinajstić information content (AvgIpc) is 2.74. The lowest BCUT2D eigenvalue weighted by atomic mass is 10.0. The average molecular weight is 469 g/mol. The summed E-state index contributed by atoms with van der Waals surface area (Å²) in [6.45, 7) is -0.277. The molecule has 0 aromatic heterocycles. The number of ether oxygens (including phenoxy) is 3. The van der Waals surface area contributed by atoms with Gasteiger partial charge < -0.3 is 44.2 Å². The highest BCUT2D eigenvalue weighted by Crippen LogP contribution is 2.43. The summed E-state index contributed by atoms with van der Waals surface area (Å²) in [4.78, 5) is 11.8. The number of phenols is 2. The molecule has 0 amide bonds. The van der Waals surface area contributed by atoms with Crippen LogP contribution in [-0.2, 0) is 4.74 Å². The molecule has 11 heteroatoms. The van der Waals surface area contributed by atoms with Crippen molar-refractivity contribution in [2.24, 2.45) is 0 Å². The highest BCUT2D eigenvalue weighted by molar-refractivity contribution is 5.85. The molecule has 1 fully saturated rings. The van der Waals surface area contributed by atoms with Gasteiger partial charge in [0.2, 0.25) is 6.29 Å². The molecule has 0 spiro atoms. The van der Waals surface area contributed by atoms with E-state index >= 15 is 0 Å². The number of fused-ring (bicyclic) bond motifs is 1. The van der Waals surface area contributed by atoms with E-state index in [0.29, 0.717) is 5.56 Å². The second kappa shape index (κ2) is 9.23. The van der Waals surface area contributed by atoms with Crippen LogP contribution in [0.2, 0.25) is 0 Å². The monoisotopic (exact) mass is 468 g/mol. The molecule has 10 nitrogen and oxygen atoms in total. The minimum atomic E-state index is -1.57. The first-order valence-corrected chi connectivity index (χ1v) is 9.29. The maximum atomic E-state index is 11.8. The van der Waals surface area contributed by atoms with E-state index < -0.39 is 30.0 Å². The number of hydrogen-bond acceptors (Lipinski definition) is 10. The predicted octanol–water partition coefficient (Wildman–Crippen LogP) is 1.07. The summed E-state index contributed by atoms with van der Waals surface area (Å²) in [5.74, 6) is -0.163. The van der Waals surface area contributed by atoms with Crippen LogP contribution in [0.15, 0.2) is 45.6 Å². The number of hydrogen-bond donors (Lipinski definition) is 5. The van der Waals surface area contributed by atoms with E-state index in [4.69, 9.17) is 18.6 Å². The molecule has 3 aliphatic rings. The van der Waals surface area contributed by atoms with Crippen LogP contribution in [0, 0.1) is 0 Å². The first-order chi connectivity index (χ1) is 14.8. The first-order valence-electron chi connectivity index (χ1n) is 9.29. The zero-order valence-corrected chi connectivity index (χ0v) is 17.5. The van der Waals surface area contributed by atoms with Gasteiger partial charge in [-0.3, -0.25) is 4.79 Å². The molecule has 5 N–H and O–H groups in total. The zero-order chi connectivity index (χ0) is 22.3. The second-order valence-electron chi connectivity index (χ2n) is 7.05. The molecular weight excluding hydrogens is 448 g/mol. The Hall–Kier alpha value is -3.02. The number of aliphatic hydroxyl groups excluding tert-OH is 3. The van der Waals surface area contributed by atoms with Gasteiger partial charge in [-0.2, -0.15) is 0 Å². The van der Waals surface area contributed by atoms with Gasteiger partial charge in [0, 0.05) is 17.7 Å². The molecular formula is C21H21ClO10. The maximum Gasteiger partial charge on any atom is 0.229 e. The third kappa shape index (κ3) is 4.31. The standard InChI is InChI=1S/C21H20O10.ClH/c1-28-16-4-9(2-3-12(16)23)20-17(31-21-19(27)18(26)14(25)8-29-21)7-11-13(24)5-10(22)6-15(11)30-20;/h2-7,14,18-19,21,23-27H,8H2,1H3;1H/t14-,18-,19+,21-;/m0./s1. The fraction of sp³-hybridized carbons (Fsp3) is 0.286. The van der Waals surface area contributed by atoms with Gasteiger partial charge >= 0.3 is 0 Å². The molecule has 1 aromatic carbocycles. The molecule has 1 aromatic rings. The van der Waals surface area contributed by atoms with E-state index in [-0.39, 0.29) is 59.1 Å². The van der Waals surface area contributed by atoms with Crippen LogP contribution in [0.25, 0.3) is 22.6 Å². The summed E-state index contributed by atoms with van der Waals surface area (Å²) >= 11 is 0. The molecule has 1 aliphatic carbocycles. The topological polar surface area (TPSA) is 159 Å². The number of rotatable bonds is 4. The van der Waals surface area contributed by atoms with Gasteiger partial charge in [-0.25, -0.2) is 0 Å². The first kappa shape index (κ1) is 23.6. The third-order valence-electron chi connectivity index (χ3n) is 4.94. The smallest absolute Gasteiger partial charge is 0.229 e. The van der Waals surface area contributed by atoms with Gasteiger partial charge in [0.1, 0.15) is 29.8 Å². The van der Waals surface area contributed by atoms with E-state index in [1.807, 2.05) is 0 Å². The Morgan fingerprint density at radius 1 is 0.969 bits per heavy atom. The Morgan fingerprint density at radius 2 is 1.72 bits per heavy atom. The molecule has 4 rings (SSSR count). The Morgan fingerprint density at radius 3 is 2.44 bits per heavy atom. The minimum Gasteiger partial charge on any atom is -0.507 e. The van der Waals surface area contributed by atoms with Gasteiger partial charge in [0.25, 0.3) is 0 Å². The number of benzene rings is 2. The SMILES string of the molecule is COc1cc(-c2oc3cc(=O)cc(O)c-3cc2O[C@@H]2OC[C@H](O)[C@H](O)[C@H]2O)ccc1O.Cl. The summed E-state index contributed by atoms with van der Waals surface area (Å²) in [5, 5.41) is 49.8. The Balaban J connectivity index is 0.00000289. The lowest BCUT2D eigenvalue weighted by molar-refractivity contribution is -0.242. The summed E-state index contributed by atoms with van der Waals surface area (Å²) in [6.07, 6.45) is -5.70. The van der Waals surface area contributed by atoms with Crippen molar-refractivity contribution in [3.05, 3.63) is 46.6 Å². The van der Waals surface area contributed by atoms with Crippen LogP contribution in [0.1, 0.15) is 0 Å². The third-order valence-corrected chi connectivity index (χ3v) is 4.94.